The van der Waals surface area contributed by atoms with Gasteiger partial charge >= 0.3 is 12.7 Å². The Balaban J connectivity index is 2.45. The summed E-state index contributed by atoms with van der Waals surface area (Å²) < 4.78 is 81.7. The molecule has 2 aromatic carbocycles. The second-order valence-electron chi connectivity index (χ2n) is 4.34. The molecule has 0 unspecified atom stereocenters. The summed E-state index contributed by atoms with van der Waals surface area (Å²) in [6.45, 7) is 0. The van der Waals surface area contributed by atoms with Gasteiger partial charge in [-0.3, -0.25) is 0 Å². The van der Waals surface area contributed by atoms with Gasteiger partial charge in [-0.15, -0.1) is 26.3 Å². The molecule has 0 spiro atoms. The first-order valence-electron chi connectivity index (χ1n) is 6.05. The predicted molar refractivity (Wildman–Crippen MR) is 69.7 cm³/mol. The Labute approximate surface area is 126 Å². The average Bonchev–Trinajstić information content (AvgIpc) is 2.39. The minimum absolute atomic E-state index is 0.0262. The van der Waals surface area contributed by atoms with Crippen molar-refractivity contribution in [1.29, 1.82) is 0 Å². The SMILES string of the molecule is Nc1ccc(-c2ccccc2OC(F)(F)F)cc1OC(F)(F)F. The van der Waals surface area contributed by atoms with E-state index in [1.165, 1.54) is 24.3 Å². The van der Waals surface area contributed by atoms with E-state index in [1.54, 1.807) is 0 Å². The number of para-hydroxylation sites is 1. The van der Waals surface area contributed by atoms with Crippen LogP contribution in [0.25, 0.3) is 11.1 Å². The van der Waals surface area contributed by atoms with E-state index in [-0.39, 0.29) is 16.8 Å². The van der Waals surface area contributed by atoms with E-state index in [0.717, 1.165) is 18.2 Å². The van der Waals surface area contributed by atoms with Crippen LogP contribution in [0.15, 0.2) is 42.5 Å². The maximum atomic E-state index is 12.4. The molecule has 9 heteroatoms. The van der Waals surface area contributed by atoms with Gasteiger partial charge in [0.1, 0.15) is 5.75 Å². The lowest BCUT2D eigenvalue weighted by molar-refractivity contribution is -0.275. The summed E-state index contributed by atoms with van der Waals surface area (Å²) >= 11 is 0. The largest absolute Gasteiger partial charge is 0.573 e. The average molecular weight is 337 g/mol. The minimum atomic E-state index is -4.98. The van der Waals surface area contributed by atoms with Crippen molar-refractivity contribution in [2.45, 2.75) is 12.7 Å². The van der Waals surface area contributed by atoms with Crippen molar-refractivity contribution < 1.29 is 35.8 Å². The number of benzene rings is 2. The molecule has 2 N–H and O–H groups in total. The number of hydrogen-bond donors (Lipinski definition) is 1. The Hall–Kier alpha value is -2.58. The second kappa shape index (κ2) is 5.90. The molecule has 0 aliphatic rings. The Kier molecular flexibility index (Phi) is 4.31. The Morgan fingerprint density at radius 3 is 1.91 bits per heavy atom. The van der Waals surface area contributed by atoms with Gasteiger partial charge in [0.25, 0.3) is 0 Å². The zero-order valence-corrected chi connectivity index (χ0v) is 11.2. The van der Waals surface area contributed by atoms with Gasteiger partial charge in [-0.2, -0.15) is 0 Å². The zero-order chi connectivity index (χ0) is 17.3. The van der Waals surface area contributed by atoms with Crippen LogP contribution < -0.4 is 15.2 Å². The molecule has 2 rings (SSSR count). The molecule has 0 heterocycles. The molecule has 23 heavy (non-hydrogen) atoms. The van der Waals surface area contributed by atoms with Crippen LogP contribution in [-0.4, -0.2) is 12.7 Å². The van der Waals surface area contributed by atoms with Crippen LogP contribution in [0.5, 0.6) is 11.5 Å². The van der Waals surface area contributed by atoms with Crippen molar-refractivity contribution in [2.24, 2.45) is 0 Å². The van der Waals surface area contributed by atoms with E-state index in [9.17, 15) is 26.3 Å². The molecule has 0 fully saturated rings. The van der Waals surface area contributed by atoms with E-state index < -0.39 is 24.2 Å². The molecule has 124 valence electrons. The van der Waals surface area contributed by atoms with Gasteiger partial charge in [0.2, 0.25) is 0 Å². The number of hydrogen-bond acceptors (Lipinski definition) is 3. The van der Waals surface area contributed by atoms with Gasteiger partial charge in [0.05, 0.1) is 5.69 Å². The third kappa shape index (κ3) is 4.70. The minimum Gasteiger partial charge on any atom is -0.405 e. The van der Waals surface area contributed by atoms with Gasteiger partial charge in [-0.25, -0.2) is 0 Å². The van der Waals surface area contributed by atoms with Crippen molar-refractivity contribution >= 4 is 5.69 Å². The summed E-state index contributed by atoms with van der Waals surface area (Å²) in [7, 11) is 0. The van der Waals surface area contributed by atoms with Crippen LogP contribution in [0, 0.1) is 0 Å². The van der Waals surface area contributed by atoms with Gasteiger partial charge in [0.15, 0.2) is 5.75 Å². The third-order valence-corrected chi connectivity index (χ3v) is 2.66. The van der Waals surface area contributed by atoms with E-state index >= 15 is 0 Å². The third-order valence-electron chi connectivity index (χ3n) is 2.66. The van der Waals surface area contributed by atoms with E-state index in [1.807, 2.05) is 0 Å². The van der Waals surface area contributed by atoms with Crippen LogP contribution in [0.4, 0.5) is 32.0 Å². The van der Waals surface area contributed by atoms with Crippen LogP contribution in [-0.2, 0) is 0 Å². The quantitative estimate of drug-likeness (QED) is 0.650. The fourth-order valence-corrected chi connectivity index (χ4v) is 1.83. The number of ether oxygens (including phenoxy) is 2. The van der Waals surface area contributed by atoms with Crippen LogP contribution in [0.2, 0.25) is 0 Å². The smallest absolute Gasteiger partial charge is 0.405 e. The molecule has 0 aliphatic carbocycles. The maximum absolute atomic E-state index is 12.4. The van der Waals surface area contributed by atoms with Crippen molar-refractivity contribution in [1.82, 2.24) is 0 Å². The van der Waals surface area contributed by atoms with Gasteiger partial charge < -0.3 is 15.2 Å². The number of anilines is 1. The van der Waals surface area contributed by atoms with Crippen LogP contribution in [0.3, 0.4) is 0 Å². The summed E-state index contributed by atoms with van der Waals surface area (Å²) in [5.74, 6) is -1.26. The van der Waals surface area contributed by atoms with Gasteiger partial charge in [0, 0.05) is 5.56 Å². The van der Waals surface area contributed by atoms with Crippen molar-refractivity contribution in [3.63, 3.8) is 0 Å². The molecule has 3 nitrogen and oxygen atoms in total. The predicted octanol–water partition coefficient (Wildman–Crippen LogP) is 4.73. The lowest BCUT2D eigenvalue weighted by Crippen LogP contribution is -2.18. The standard InChI is InChI=1S/C14H9F6NO2/c15-13(16,17)22-11-4-2-1-3-9(11)8-5-6-10(21)12(7-8)23-14(18,19)20/h1-7H,21H2. The summed E-state index contributed by atoms with van der Waals surface area (Å²) in [6, 6.07) is 8.28. The Morgan fingerprint density at radius 2 is 1.30 bits per heavy atom. The fourth-order valence-electron chi connectivity index (χ4n) is 1.83. The van der Waals surface area contributed by atoms with Crippen molar-refractivity contribution in [2.75, 3.05) is 5.73 Å². The molecule has 0 radical (unpaired) electrons. The first kappa shape index (κ1) is 16.8. The summed E-state index contributed by atoms with van der Waals surface area (Å²) in [5, 5.41) is 0. The van der Waals surface area contributed by atoms with Gasteiger partial charge in [-0.1, -0.05) is 24.3 Å². The molecule has 0 aromatic heterocycles. The Bertz CT molecular complexity index is 696. The van der Waals surface area contributed by atoms with Crippen molar-refractivity contribution in [3.8, 4) is 22.6 Å². The topological polar surface area (TPSA) is 44.5 Å². The van der Waals surface area contributed by atoms with E-state index in [2.05, 4.69) is 9.47 Å². The molecular weight excluding hydrogens is 328 g/mol. The Morgan fingerprint density at radius 1 is 0.739 bits per heavy atom. The normalized spacial score (nSPS) is 12.1. The highest BCUT2D eigenvalue weighted by Gasteiger charge is 2.33. The highest BCUT2D eigenvalue weighted by molar-refractivity contribution is 5.74. The molecule has 0 amide bonds. The molecule has 0 atom stereocenters. The van der Waals surface area contributed by atoms with Crippen LogP contribution >= 0.6 is 0 Å². The van der Waals surface area contributed by atoms with Crippen molar-refractivity contribution in [3.05, 3.63) is 42.5 Å². The molecule has 0 bridgehead atoms. The number of halogens is 6. The highest BCUT2D eigenvalue weighted by atomic mass is 19.4. The molecule has 2 aromatic rings. The summed E-state index contributed by atoms with van der Waals surface area (Å²) in [6.07, 6.45) is -9.91. The lowest BCUT2D eigenvalue weighted by Gasteiger charge is -2.15. The van der Waals surface area contributed by atoms with E-state index in [0.29, 0.717) is 0 Å². The van der Waals surface area contributed by atoms with E-state index in [4.69, 9.17) is 5.73 Å². The second-order valence-corrected chi connectivity index (χ2v) is 4.34. The first-order chi connectivity index (χ1) is 10.6. The highest BCUT2D eigenvalue weighted by Crippen LogP contribution is 2.37. The fraction of sp³-hybridized carbons (Fsp3) is 0.143. The summed E-state index contributed by atoms with van der Waals surface area (Å²) in [5.41, 5.74) is 5.04. The lowest BCUT2D eigenvalue weighted by atomic mass is 10.0. The monoisotopic (exact) mass is 337 g/mol. The first-order valence-corrected chi connectivity index (χ1v) is 6.05. The zero-order valence-electron chi connectivity index (χ0n) is 11.2. The molecule has 0 saturated carbocycles. The number of rotatable bonds is 3. The number of nitrogens with two attached hydrogens (primary N) is 1. The van der Waals surface area contributed by atoms with Crippen LogP contribution in [0.1, 0.15) is 0 Å². The molecular formula is C14H9F6NO2. The maximum Gasteiger partial charge on any atom is 0.573 e. The van der Waals surface area contributed by atoms with Gasteiger partial charge in [-0.05, 0) is 23.8 Å². The molecule has 0 saturated heterocycles. The number of nitrogen functional groups attached to an aromatic ring is 1. The molecule has 0 aliphatic heterocycles. The number of alkyl halides is 6. The summed E-state index contributed by atoms with van der Waals surface area (Å²) in [4.78, 5) is 0.